The Bertz CT molecular complexity index is 553. The summed E-state index contributed by atoms with van der Waals surface area (Å²) in [6.07, 6.45) is 3.67. The fourth-order valence-corrected chi connectivity index (χ4v) is 2.42. The number of fused-ring (bicyclic) bond motifs is 1. The molecular weight excluding hydrogens is 282 g/mol. The molecule has 0 aromatic heterocycles. The van der Waals surface area contributed by atoms with E-state index in [4.69, 9.17) is 11.6 Å². The van der Waals surface area contributed by atoms with E-state index in [0.29, 0.717) is 5.88 Å². The molecule has 1 N–H and O–H groups in total. The third kappa shape index (κ3) is 3.95. The molecule has 21 heavy (non-hydrogen) atoms. The van der Waals surface area contributed by atoms with Gasteiger partial charge in [0.2, 0.25) is 5.91 Å². The maximum atomic E-state index is 12.6. The molecule has 1 aromatic carbocycles. The van der Waals surface area contributed by atoms with Crippen LogP contribution in [-0.4, -0.2) is 30.1 Å². The predicted octanol–water partition coefficient (Wildman–Crippen LogP) is 3.40. The van der Waals surface area contributed by atoms with E-state index < -0.39 is 0 Å². The second kappa shape index (κ2) is 8.00. The van der Waals surface area contributed by atoms with Gasteiger partial charge in [-0.3, -0.25) is 4.79 Å². The SMILES string of the molecule is CCCCN1B(C#CCCCCl)Nc2ccccc2C1=O. The highest BCUT2D eigenvalue weighted by Gasteiger charge is 2.34. The number of nitrogens with one attached hydrogen (secondary N) is 1. The first-order chi connectivity index (χ1) is 10.3. The van der Waals surface area contributed by atoms with E-state index >= 15 is 0 Å². The summed E-state index contributed by atoms with van der Waals surface area (Å²) < 4.78 is 0. The molecule has 0 saturated carbocycles. The Kier molecular flexibility index (Phi) is 6.01. The van der Waals surface area contributed by atoms with Crippen LogP contribution < -0.4 is 5.23 Å². The molecule has 0 aliphatic carbocycles. The predicted molar refractivity (Wildman–Crippen MR) is 89.5 cm³/mol. The van der Waals surface area contributed by atoms with Gasteiger partial charge in [0.05, 0.1) is 5.56 Å². The number of hydrogen-bond acceptors (Lipinski definition) is 2. The van der Waals surface area contributed by atoms with Crippen molar-refractivity contribution in [3.8, 4) is 11.7 Å². The number of unbranched alkanes of at least 4 members (excludes halogenated alkanes) is 2. The van der Waals surface area contributed by atoms with Gasteiger partial charge in [-0.1, -0.05) is 31.3 Å². The number of halogens is 1. The van der Waals surface area contributed by atoms with Crippen molar-refractivity contribution >= 4 is 30.2 Å². The fourth-order valence-electron chi connectivity index (χ4n) is 2.29. The van der Waals surface area contributed by atoms with Crippen molar-refractivity contribution in [2.24, 2.45) is 0 Å². The number of para-hydroxylation sites is 1. The molecule has 110 valence electrons. The molecule has 5 heteroatoms. The molecule has 1 heterocycles. The third-order valence-corrected chi connectivity index (χ3v) is 3.72. The fraction of sp³-hybridized carbons (Fsp3) is 0.438. The van der Waals surface area contributed by atoms with Crippen molar-refractivity contribution in [3.05, 3.63) is 29.8 Å². The molecule has 1 amide bonds. The first-order valence-electron chi connectivity index (χ1n) is 7.48. The van der Waals surface area contributed by atoms with E-state index in [0.717, 1.165) is 43.5 Å². The summed E-state index contributed by atoms with van der Waals surface area (Å²) in [6, 6.07) is 7.61. The average Bonchev–Trinajstić information content (AvgIpc) is 2.51. The minimum Gasteiger partial charge on any atom is -0.397 e. The van der Waals surface area contributed by atoms with Crippen LogP contribution in [0.5, 0.6) is 0 Å². The normalized spacial score (nSPS) is 13.3. The van der Waals surface area contributed by atoms with Gasteiger partial charge in [-0.05, 0) is 25.0 Å². The van der Waals surface area contributed by atoms with Crippen molar-refractivity contribution in [2.45, 2.75) is 32.6 Å². The van der Waals surface area contributed by atoms with Crippen LogP contribution in [-0.2, 0) is 0 Å². The summed E-state index contributed by atoms with van der Waals surface area (Å²) in [5.74, 6) is 6.98. The zero-order valence-corrected chi connectivity index (χ0v) is 13.1. The second-order valence-corrected chi connectivity index (χ2v) is 5.44. The molecule has 1 aliphatic rings. The molecule has 1 aromatic rings. The van der Waals surface area contributed by atoms with Crippen LogP contribution in [0.3, 0.4) is 0 Å². The van der Waals surface area contributed by atoms with Gasteiger partial charge in [-0.25, -0.2) is 0 Å². The lowest BCUT2D eigenvalue weighted by Gasteiger charge is -2.32. The minimum absolute atomic E-state index is 0.0643. The van der Waals surface area contributed by atoms with Gasteiger partial charge in [0.1, 0.15) is 0 Å². The molecule has 0 radical (unpaired) electrons. The summed E-state index contributed by atoms with van der Waals surface area (Å²) >= 11 is 5.66. The molecule has 0 unspecified atom stereocenters. The maximum Gasteiger partial charge on any atom is 0.465 e. The van der Waals surface area contributed by atoms with Crippen LogP contribution in [0.2, 0.25) is 0 Å². The summed E-state index contributed by atoms with van der Waals surface area (Å²) in [7, 11) is 0. The zero-order valence-electron chi connectivity index (χ0n) is 12.4. The van der Waals surface area contributed by atoms with Crippen LogP contribution in [0.4, 0.5) is 5.69 Å². The molecule has 3 nitrogen and oxygen atoms in total. The number of carbonyl (C=O) groups is 1. The van der Waals surface area contributed by atoms with Crippen molar-refractivity contribution in [3.63, 3.8) is 0 Å². The highest BCUT2D eigenvalue weighted by Crippen LogP contribution is 2.23. The Morgan fingerprint density at radius 1 is 1.33 bits per heavy atom. The van der Waals surface area contributed by atoms with E-state index in [1.807, 2.05) is 29.1 Å². The summed E-state index contributed by atoms with van der Waals surface area (Å²) in [4.78, 5) is 14.5. The second-order valence-electron chi connectivity index (χ2n) is 5.06. The molecule has 1 aliphatic heterocycles. The number of hydrogen-bond donors (Lipinski definition) is 1. The molecule has 2 rings (SSSR count). The number of carbonyl (C=O) groups excluding carboxylic acids is 1. The molecule has 0 fully saturated rings. The Labute approximate surface area is 132 Å². The van der Waals surface area contributed by atoms with E-state index in [1.165, 1.54) is 0 Å². The Hall–Kier alpha value is -1.60. The van der Waals surface area contributed by atoms with E-state index in [1.54, 1.807) is 0 Å². The van der Waals surface area contributed by atoms with Gasteiger partial charge < -0.3 is 10.0 Å². The lowest BCUT2D eigenvalue weighted by Crippen LogP contribution is -2.52. The van der Waals surface area contributed by atoms with Crippen LogP contribution in [0.15, 0.2) is 24.3 Å². The van der Waals surface area contributed by atoms with Crippen LogP contribution in [0, 0.1) is 11.7 Å². The number of rotatable bonds is 5. The minimum atomic E-state index is -0.241. The number of benzene rings is 1. The van der Waals surface area contributed by atoms with Gasteiger partial charge >= 0.3 is 6.98 Å². The molecule has 0 spiro atoms. The standard InChI is InChI=1S/C16H20BClN2O/c1-2-3-13-20-16(21)14-9-5-6-10-15(14)19-17(20)11-7-4-8-12-18/h5-6,9-10,19H,2-4,8,12-13H2,1H3. The maximum absolute atomic E-state index is 12.6. The lowest BCUT2D eigenvalue weighted by atomic mass is 9.71. The number of nitrogens with zero attached hydrogens (tertiary/aromatic N) is 1. The van der Waals surface area contributed by atoms with E-state index in [9.17, 15) is 4.79 Å². The van der Waals surface area contributed by atoms with Crippen molar-refractivity contribution in [1.82, 2.24) is 4.81 Å². The number of alkyl halides is 1. The molecule has 0 atom stereocenters. The van der Waals surface area contributed by atoms with E-state index in [-0.39, 0.29) is 12.9 Å². The van der Waals surface area contributed by atoms with E-state index in [2.05, 4.69) is 23.9 Å². The zero-order chi connectivity index (χ0) is 15.1. The molecular formula is C16H20BClN2O. The van der Waals surface area contributed by atoms with Crippen molar-refractivity contribution in [2.75, 3.05) is 17.7 Å². The highest BCUT2D eigenvalue weighted by atomic mass is 35.5. The first-order valence-corrected chi connectivity index (χ1v) is 8.02. The van der Waals surface area contributed by atoms with Gasteiger partial charge in [0, 0.05) is 24.5 Å². The smallest absolute Gasteiger partial charge is 0.397 e. The highest BCUT2D eigenvalue weighted by molar-refractivity contribution is 6.72. The van der Waals surface area contributed by atoms with Gasteiger partial charge in [0.15, 0.2) is 0 Å². The Morgan fingerprint density at radius 3 is 2.90 bits per heavy atom. The Balaban J connectivity index is 2.19. The van der Waals surface area contributed by atoms with Gasteiger partial charge in [-0.2, -0.15) is 0 Å². The number of amides is 1. The monoisotopic (exact) mass is 302 g/mol. The molecule has 0 bridgehead atoms. The number of anilines is 1. The van der Waals surface area contributed by atoms with Crippen LogP contribution in [0.25, 0.3) is 0 Å². The lowest BCUT2D eigenvalue weighted by molar-refractivity contribution is 0.0853. The third-order valence-electron chi connectivity index (χ3n) is 3.45. The van der Waals surface area contributed by atoms with Crippen LogP contribution in [0.1, 0.15) is 43.0 Å². The van der Waals surface area contributed by atoms with Crippen molar-refractivity contribution in [1.29, 1.82) is 0 Å². The Morgan fingerprint density at radius 2 is 2.14 bits per heavy atom. The summed E-state index contributed by atoms with van der Waals surface area (Å²) in [5.41, 5.74) is 1.60. The molecule has 0 saturated heterocycles. The average molecular weight is 303 g/mol. The summed E-state index contributed by atoms with van der Waals surface area (Å²) in [6.45, 7) is 2.61. The van der Waals surface area contributed by atoms with Crippen molar-refractivity contribution < 1.29 is 4.79 Å². The van der Waals surface area contributed by atoms with Gasteiger partial charge in [0.25, 0.3) is 0 Å². The topological polar surface area (TPSA) is 32.3 Å². The van der Waals surface area contributed by atoms with Crippen LogP contribution >= 0.6 is 11.6 Å². The quantitative estimate of drug-likeness (QED) is 0.391. The van der Waals surface area contributed by atoms with Gasteiger partial charge in [-0.15, -0.1) is 17.5 Å². The summed E-state index contributed by atoms with van der Waals surface area (Å²) in [5, 5.41) is 3.36. The first kappa shape index (κ1) is 15.8. The largest absolute Gasteiger partial charge is 0.465 e.